The van der Waals surface area contributed by atoms with E-state index in [0.29, 0.717) is 35.3 Å². The summed E-state index contributed by atoms with van der Waals surface area (Å²) in [5, 5.41) is 3.30. The molecule has 7 heteroatoms. The van der Waals surface area contributed by atoms with Gasteiger partial charge in [-0.15, -0.1) is 0 Å². The van der Waals surface area contributed by atoms with Crippen LogP contribution in [0.15, 0.2) is 36.4 Å². The number of rotatable bonds is 5. The van der Waals surface area contributed by atoms with Crippen molar-refractivity contribution in [2.75, 3.05) is 32.1 Å². The van der Waals surface area contributed by atoms with Gasteiger partial charge in [-0.3, -0.25) is 9.59 Å². The Bertz CT molecular complexity index is 951. The zero-order chi connectivity index (χ0) is 21.0. The molecule has 152 valence electrons. The summed E-state index contributed by atoms with van der Waals surface area (Å²) in [7, 11) is 1.58. The van der Waals surface area contributed by atoms with Crippen LogP contribution in [0.5, 0.6) is 11.5 Å². The highest BCUT2D eigenvalue weighted by atomic mass is 35.5. The first-order valence-electron chi connectivity index (χ1n) is 9.23. The van der Waals surface area contributed by atoms with Crippen LogP contribution in [0.4, 0.5) is 5.69 Å². The predicted molar refractivity (Wildman–Crippen MR) is 114 cm³/mol. The third kappa shape index (κ3) is 5.09. The number of carbonyl (C=O) groups excluding carboxylic acids is 2. The molecular formula is C22H23ClN2O4. The number of aryl methyl sites for hydroxylation is 2. The maximum atomic E-state index is 12.4. The third-order valence-electron chi connectivity index (χ3n) is 4.54. The normalized spacial score (nSPS) is 12.7. The fourth-order valence-electron chi connectivity index (χ4n) is 3.01. The Balaban J connectivity index is 1.62. The van der Waals surface area contributed by atoms with Gasteiger partial charge in [-0.1, -0.05) is 29.8 Å². The Hall–Kier alpha value is -2.99. The molecule has 1 aliphatic heterocycles. The molecule has 0 unspecified atom stereocenters. The first-order chi connectivity index (χ1) is 13.8. The molecule has 0 saturated carbocycles. The Morgan fingerprint density at radius 1 is 1.17 bits per heavy atom. The van der Waals surface area contributed by atoms with Crippen LogP contribution < -0.4 is 14.8 Å². The molecule has 29 heavy (non-hydrogen) atoms. The molecule has 0 fully saturated rings. The number of likely N-dealkylation sites (N-methyl/N-ethyl adjacent to an activating group) is 1. The molecule has 0 bridgehead atoms. The number of fused-ring (bicyclic) bond motifs is 1. The number of ether oxygens (including phenoxy) is 2. The van der Waals surface area contributed by atoms with Crippen LogP contribution in [-0.2, 0) is 9.59 Å². The molecule has 0 aromatic heterocycles. The van der Waals surface area contributed by atoms with Gasteiger partial charge in [0.1, 0.15) is 13.2 Å². The van der Waals surface area contributed by atoms with Crippen molar-refractivity contribution in [1.82, 2.24) is 4.90 Å². The summed E-state index contributed by atoms with van der Waals surface area (Å²) in [4.78, 5) is 26.1. The van der Waals surface area contributed by atoms with Gasteiger partial charge in [0.15, 0.2) is 11.5 Å². The number of hydrogen-bond donors (Lipinski definition) is 1. The summed E-state index contributed by atoms with van der Waals surface area (Å²) < 4.78 is 11.0. The number of nitrogens with one attached hydrogen (secondary N) is 1. The minimum Gasteiger partial charge on any atom is -0.486 e. The Morgan fingerprint density at radius 2 is 1.86 bits per heavy atom. The molecule has 3 rings (SSSR count). The number of anilines is 1. The largest absolute Gasteiger partial charge is 0.486 e. The molecule has 6 nitrogen and oxygen atoms in total. The summed E-state index contributed by atoms with van der Waals surface area (Å²) >= 11 is 6.21. The van der Waals surface area contributed by atoms with E-state index in [2.05, 4.69) is 5.32 Å². The zero-order valence-corrected chi connectivity index (χ0v) is 17.4. The van der Waals surface area contributed by atoms with Gasteiger partial charge in [-0.2, -0.15) is 0 Å². The van der Waals surface area contributed by atoms with Gasteiger partial charge in [0, 0.05) is 18.8 Å². The fourth-order valence-corrected chi connectivity index (χ4v) is 3.28. The SMILES string of the molecule is Cc1cccc(C)c1NC(=O)CN(C)C(=O)/C=C/c1cc(Cl)c2c(c1)OCCO2. The van der Waals surface area contributed by atoms with E-state index < -0.39 is 0 Å². The van der Waals surface area contributed by atoms with E-state index in [9.17, 15) is 9.59 Å². The van der Waals surface area contributed by atoms with Crippen LogP contribution in [0.3, 0.4) is 0 Å². The van der Waals surface area contributed by atoms with Gasteiger partial charge in [0.2, 0.25) is 11.8 Å². The number of nitrogens with zero attached hydrogens (tertiary/aromatic N) is 1. The highest BCUT2D eigenvalue weighted by Crippen LogP contribution is 2.38. The van der Waals surface area contributed by atoms with Crippen molar-refractivity contribution in [2.24, 2.45) is 0 Å². The number of para-hydroxylation sites is 1. The molecule has 2 amide bonds. The molecule has 0 radical (unpaired) electrons. The van der Waals surface area contributed by atoms with Gasteiger partial charge in [0.05, 0.1) is 11.6 Å². The van der Waals surface area contributed by atoms with E-state index in [1.807, 2.05) is 32.0 Å². The van der Waals surface area contributed by atoms with Gasteiger partial charge in [-0.25, -0.2) is 0 Å². The monoisotopic (exact) mass is 414 g/mol. The molecule has 2 aromatic carbocycles. The quantitative estimate of drug-likeness (QED) is 0.755. The summed E-state index contributed by atoms with van der Waals surface area (Å²) in [5.74, 6) is 0.514. The minimum absolute atomic E-state index is 0.0567. The number of hydrogen-bond acceptors (Lipinski definition) is 4. The zero-order valence-electron chi connectivity index (χ0n) is 16.6. The second-order valence-electron chi connectivity index (χ2n) is 6.87. The lowest BCUT2D eigenvalue weighted by Crippen LogP contribution is -2.34. The number of halogens is 1. The van der Waals surface area contributed by atoms with Crippen molar-refractivity contribution < 1.29 is 19.1 Å². The van der Waals surface area contributed by atoms with E-state index in [1.165, 1.54) is 11.0 Å². The van der Waals surface area contributed by atoms with E-state index in [4.69, 9.17) is 21.1 Å². The summed E-state index contributed by atoms with van der Waals surface area (Å²) in [6, 6.07) is 9.26. The smallest absolute Gasteiger partial charge is 0.246 e. The average Bonchev–Trinajstić information content (AvgIpc) is 2.69. The lowest BCUT2D eigenvalue weighted by molar-refractivity contribution is -0.129. The van der Waals surface area contributed by atoms with Crippen LogP contribution in [-0.4, -0.2) is 43.5 Å². The van der Waals surface area contributed by atoms with E-state index >= 15 is 0 Å². The van der Waals surface area contributed by atoms with Gasteiger partial charge in [0.25, 0.3) is 0 Å². The van der Waals surface area contributed by atoms with Crippen LogP contribution in [0.2, 0.25) is 5.02 Å². The van der Waals surface area contributed by atoms with E-state index in [-0.39, 0.29) is 18.4 Å². The molecule has 1 N–H and O–H groups in total. The molecule has 0 atom stereocenters. The van der Waals surface area contributed by atoms with Crippen molar-refractivity contribution in [2.45, 2.75) is 13.8 Å². The topological polar surface area (TPSA) is 67.9 Å². The molecule has 1 heterocycles. The minimum atomic E-state index is -0.298. The van der Waals surface area contributed by atoms with Gasteiger partial charge >= 0.3 is 0 Å². The number of amides is 2. The molecule has 0 aliphatic carbocycles. The van der Waals surface area contributed by atoms with E-state index in [0.717, 1.165) is 16.8 Å². The highest BCUT2D eigenvalue weighted by Gasteiger charge is 2.16. The fraction of sp³-hybridized carbons (Fsp3) is 0.273. The Kier molecular flexibility index (Phi) is 6.44. The second-order valence-corrected chi connectivity index (χ2v) is 7.28. The van der Waals surface area contributed by atoms with Crippen LogP contribution in [0.25, 0.3) is 6.08 Å². The summed E-state index contributed by atoms with van der Waals surface area (Å²) in [6.45, 7) is 4.71. The Morgan fingerprint density at radius 3 is 2.59 bits per heavy atom. The second kappa shape index (κ2) is 9.01. The molecular weight excluding hydrogens is 392 g/mol. The average molecular weight is 415 g/mol. The van der Waals surface area contributed by atoms with Gasteiger partial charge in [-0.05, 0) is 48.7 Å². The molecule has 0 saturated heterocycles. The molecule has 0 spiro atoms. The van der Waals surface area contributed by atoms with Crippen LogP contribution in [0, 0.1) is 13.8 Å². The third-order valence-corrected chi connectivity index (χ3v) is 4.82. The lowest BCUT2D eigenvalue weighted by atomic mass is 10.1. The van der Waals surface area contributed by atoms with E-state index in [1.54, 1.807) is 25.3 Å². The maximum Gasteiger partial charge on any atom is 0.246 e. The van der Waals surface area contributed by atoms with Crippen molar-refractivity contribution in [3.05, 3.63) is 58.1 Å². The van der Waals surface area contributed by atoms with Crippen molar-refractivity contribution in [3.63, 3.8) is 0 Å². The van der Waals surface area contributed by atoms with Crippen molar-refractivity contribution >= 4 is 35.2 Å². The van der Waals surface area contributed by atoms with Gasteiger partial charge < -0.3 is 19.7 Å². The highest BCUT2D eigenvalue weighted by molar-refractivity contribution is 6.32. The first-order valence-corrected chi connectivity index (χ1v) is 9.61. The Labute approximate surface area is 175 Å². The summed E-state index contributed by atoms with van der Waals surface area (Å²) in [6.07, 6.45) is 3.03. The molecule has 2 aromatic rings. The molecule has 1 aliphatic rings. The van der Waals surface area contributed by atoms with Crippen LogP contribution >= 0.6 is 11.6 Å². The predicted octanol–water partition coefficient (Wildman–Crippen LogP) is 3.84. The maximum absolute atomic E-state index is 12.4. The number of benzene rings is 2. The first kappa shape index (κ1) is 20.7. The van der Waals surface area contributed by atoms with Crippen molar-refractivity contribution in [3.8, 4) is 11.5 Å². The lowest BCUT2D eigenvalue weighted by Gasteiger charge is -2.19. The van der Waals surface area contributed by atoms with Crippen LogP contribution in [0.1, 0.15) is 16.7 Å². The summed E-state index contributed by atoms with van der Waals surface area (Å²) in [5.41, 5.74) is 3.44. The van der Waals surface area contributed by atoms with Crippen molar-refractivity contribution in [1.29, 1.82) is 0 Å². The number of carbonyl (C=O) groups is 2. The standard InChI is InChI=1S/C22H23ClN2O4/c1-14-5-4-6-15(2)21(14)24-19(26)13-25(3)20(27)8-7-16-11-17(23)22-18(12-16)28-9-10-29-22/h4-8,11-12H,9-10,13H2,1-3H3,(H,24,26)/b8-7+.